The molecule has 156 valence electrons. The normalized spacial score (nSPS) is 27.4. The van der Waals surface area contributed by atoms with Crippen molar-refractivity contribution >= 4 is 25.3 Å². The zero-order chi connectivity index (χ0) is 20.9. The van der Waals surface area contributed by atoms with Crippen LogP contribution in [0.2, 0.25) is 18.1 Å². The topological polar surface area (TPSA) is 129 Å². The zero-order valence-electron chi connectivity index (χ0n) is 17.4. The molecule has 0 saturated carbocycles. The van der Waals surface area contributed by atoms with Crippen LogP contribution in [-0.4, -0.2) is 62.5 Å². The van der Waals surface area contributed by atoms with Crippen LogP contribution in [0.1, 0.15) is 40.3 Å². The van der Waals surface area contributed by atoms with E-state index < -0.39 is 32.4 Å². The average molecular weight is 410 g/mol. The quantitative estimate of drug-likeness (QED) is 0.638. The van der Waals surface area contributed by atoms with Gasteiger partial charge in [-0.1, -0.05) is 20.8 Å². The Morgan fingerprint density at radius 3 is 2.68 bits per heavy atom. The van der Waals surface area contributed by atoms with Crippen LogP contribution in [0.4, 0.5) is 5.82 Å². The van der Waals surface area contributed by atoms with Gasteiger partial charge in [0.15, 0.2) is 19.8 Å². The molecule has 10 heteroatoms. The smallest absolute Gasteiger partial charge is 0.192 e. The number of imidazole rings is 1. The van der Waals surface area contributed by atoms with Gasteiger partial charge in [0.05, 0.1) is 25.1 Å². The van der Waals surface area contributed by atoms with E-state index in [9.17, 15) is 10.2 Å². The van der Waals surface area contributed by atoms with Crippen molar-refractivity contribution in [2.24, 2.45) is 0 Å². The molecule has 3 heterocycles. The summed E-state index contributed by atoms with van der Waals surface area (Å²) in [6.45, 7) is 12.4. The van der Waals surface area contributed by atoms with Gasteiger partial charge in [-0.3, -0.25) is 4.57 Å². The van der Waals surface area contributed by atoms with Gasteiger partial charge in [-0.05, 0) is 25.1 Å². The molecule has 28 heavy (non-hydrogen) atoms. The predicted octanol–water partition coefficient (Wildman–Crippen LogP) is 1.83. The van der Waals surface area contributed by atoms with Gasteiger partial charge in [-0.15, -0.1) is 0 Å². The minimum atomic E-state index is -2.09. The van der Waals surface area contributed by atoms with E-state index in [1.54, 1.807) is 17.8 Å². The lowest BCUT2D eigenvalue weighted by Gasteiger charge is -2.41. The van der Waals surface area contributed by atoms with Crippen molar-refractivity contribution < 1.29 is 19.4 Å². The fraction of sp³-hybridized carbons (Fsp3) is 0.722. The highest BCUT2D eigenvalue weighted by molar-refractivity contribution is 6.74. The van der Waals surface area contributed by atoms with Crippen molar-refractivity contribution in [1.29, 1.82) is 0 Å². The number of hydrogen-bond acceptors (Lipinski definition) is 8. The SMILES string of the molecule is CC(O)[C@]1(CO[Si](C)(C)C(C)(C)C)O[C@@H](n2cnc3c(N)ncnc32)C[C@@H]1O. The maximum atomic E-state index is 10.9. The zero-order valence-corrected chi connectivity index (χ0v) is 18.4. The van der Waals surface area contributed by atoms with Crippen molar-refractivity contribution in [3.05, 3.63) is 12.7 Å². The van der Waals surface area contributed by atoms with Crippen LogP contribution in [0.25, 0.3) is 11.2 Å². The molecule has 4 atom stereocenters. The Morgan fingerprint density at radius 1 is 1.39 bits per heavy atom. The minimum Gasteiger partial charge on any atom is -0.414 e. The Labute approximate surface area is 166 Å². The van der Waals surface area contributed by atoms with Crippen molar-refractivity contribution in [3.63, 3.8) is 0 Å². The first-order valence-corrected chi connectivity index (χ1v) is 12.4. The Morgan fingerprint density at radius 2 is 2.07 bits per heavy atom. The molecule has 3 rings (SSSR count). The minimum absolute atomic E-state index is 0.00480. The van der Waals surface area contributed by atoms with Crippen LogP contribution in [0.5, 0.6) is 0 Å². The number of aliphatic hydroxyl groups excluding tert-OH is 2. The molecule has 1 saturated heterocycles. The predicted molar refractivity (Wildman–Crippen MR) is 108 cm³/mol. The molecule has 1 fully saturated rings. The molecule has 0 aliphatic carbocycles. The fourth-order valence-electron chi connectivity index (χ4n) is 3.16. The summed E-state index contributed by atoms with van der Waals surface area (Å²) in [7, 11) is -2.09. The summed E-state index contributed by atoms with van der Waals surface area (Å²) >= 11 is 0. The summed E-state index contributed by atoms with van der Waals surface area (Å²) in [5.74, 6) is 0.283. The maximum Gasteiger partial charge on any atom is 0.192 e. The summed E-state index contributed by atoms with van der Waals surface area (Å²) in [5.41, 5.74) is 5.64. The maximum absolute atomic E-state index is 10.9. The van der Waals surface area contributed by atoms with Crippen LogP contribution in [-0.2, 0) is 9.16 Å². The largest absolute Gasteiger partial charge is 0.414 e. The molecule has 0 aromatic carbocycles. The van der Waals surface area contributed by atoms with Crippen molar-refractivity contribution in [2.45, 2.75) is 76.3 Å². The molecule has 2 aromatic heterocycles. The van der Waals surface area contributed by atoms with Crippen LogP contribution in [0.3, 0.4) is 0 Å². The first kappa shape index (κ1) is 21.1. The first-order chi connectivity index (χ1) is 12.9. The Kier molecular flexibility index (Phi) is 5.30. The number of aromatic nitrogens is 4. The van der Waals surface area contributed by atoms with E-state index in [4.69, 9.17) is 14.9 Å². The first-order valence-electron chi connectivity index (χ1n) is 9.50. The van der Waals surface area contributed by atoms with E-state index in [-0.39, 0.29) is 23.9 Å². The molecular formula is C18H31N5O4Si. The molecule has 1 aliphatic rings. The number of nitrogen functional groups attached to an aromatic ring is 1. The third-order valence-corrected chi connectivity index (χ3v) is 10.7. The molecule has 4 N–H and O–H groups in total. The molecule has 0 amide bonds. The third-order valence-electron chi connectivity index (χ3n) is 6.21. The fourth-order valence-corrected chi connectivity index (χ4v) is 4.18. The van der Waals surface area contributed by atoms with E-state index in [2.05, 4.69) is 48.8 Å². The number of anilines is 1. The van der Waals surface area contributed by atoms with Crippen molar-refractivity contribution in [2.75, 3.05) is 12.3 Å². The van der Waals surface area contributed by atoms with Crippen molar-refractivity contribution in [1.82, 2.24) is 19.5 Å². The lowest BCUT2D eigenvalue weighted by molar-refractivity contribution is -0.175. The van der Waals surface area contributed by atoms with Crippen LogP contribution >= 0.6 is 0 Å². The number of ether oxygens (including phenoxy) is 1. The monoisotopic (exact) mass is 409 g/mol. The highest BCUT2D eigenvalue weighted by atomic mass is 28.4. The van der Waals surface area contributed by atoms with Gasteiger partial charge in [0.1, 0.15) is 23.7 Å². The molecule has 1 unspecified atom stereocenters. The van der Waals surface area contributed by atoms with Gasteiger partial charge in [0.25, 0.3) is 0 Å². The molecule has 2 aromatic rings. The third kappa shape index (κ3) is 3.43. The number of nitrogens with two attached hydrogens (primary N) is 1. The lowest BCUT2D eigenvalue weighted by Crippen LogP contribution is -2.55. The van der Waals surface area contributed by atoms with Gasteiger partial charge in [-0.2, -0.15) is 0 Å². The van der Waals surface area contributed by atoms with Gasteiger partial charge in [0.2, 0.25) is 0 Å². The van der Waals surface area contributed by atoms with E-state index in [1.807, 2.05) is 0 Å². The molecule has 0 bridgehead atoms. The van der Waals surface area contributed by atoms with E-state index >= 15 is 0 Å². The lowest BCUT2D eigenvalue weighted by atomic mass is 9.92. The average Bonchev–Trinajstić information content (AvgIpc) is 3.15. The van der Waals surface area contributed by atoms with Crippen LogP contribution in [0.15, 0.2) is 12.7 Å². The van der Waals surface area contributed by atoms with Gasteiger partial charge in [0, 0.05) is 6.42 Å². The number of nitrogens with zero attached hydrogens (tertiary/aromatic N) is 4. The summed E-state index contributed by atoms with van der Waals surface area (Å²) in [6, 6.07) is 0. The summed E-state index contributed by atoms with van der Waals surface area (Å²) in [6.07, 6.45) is 0.836. The van der Waals surface area contributed by atoms with E-state index in [0.29, 0.717) is 11.2 Å². The second-order valence-corrected chi connectivity index (χ2v) is 13.9. The van der Waals surface area contributed by atoms with Crippen LogP contribution in [0, 0.1) is 0 Å². The molecule has 0 radical (unpaired) electrons. The van der Waals surface area contributed by atoms with Crippen molar-refractivity contribution in [3.8, 4) is 0 Å². The number of fused-ring (bicyclic) bond motifs is 1. The second-order valence-electron chi connectivity index (χ2n) is 9.09. The molecule has 0 spiro atoms. The van der Waals surface area contributed by atoms with Gasteiger partial charge < -0.3 is 25.1 Å². The molecule has 9 nitrogen and oxygen atoms in total. The van der Waals surface area contributed by atoms with E-state index in [1.165, 1.54) is 6.33 Å². The second kappa shape index (κ2) is 7.03. The number of aliphatic hydroxyl groups is 2. The summed E-state index contributed by atoms with van der Waals surface area (Å²) in [5, 5.41) is 21.4. The summed E-state index contributed by atoms with van der Waals surface area (Å²) < 4.78 is 14.3. The summed E-state index contributed by atoms with van der Waals surface area (Å²) in [4.78, 5) is 12.4. The standard InChI is InChI=1S/C18H31N5O4Si/c1-11(24)18(8-26-28(5,6)17(2,3)4)12(25)7-13(27-18)23-10-22-14-15(19)20-9-21-16(14)23/h9-13,24-25H,7-8H2,1-6H3,(H2,19,20,21)/t11?,12-,13+,18-/m0/s1. The number of hydrogen-bond donors (Lipinski definition) is 3. The van der Waals surface area contributed by atoms with Gasteiger partial charge >= 0.3 is 0 Å². The Bertz CT molecular complexity index is 850. The molecular weight excluding hydrogens is 378 g/mol. The number of rotatable bonds is 5. The Hall–Kier alpha value is -1.59. The van der Waals surface area contributed by atoms with Gasteiger partial charge in [-0.25, -0.2) is 15.0 Å². The Balaban J connectivity index is 1.89. The van der Waals surface area contributed by atoms with E-state index in [0.717, 1.165) is 0 Å². The highest BCUT2D eigenvalue weighted by Gasteiger charge is 2.54. The molecule has 1 aliphatic heterocycles. The highest BCUT2D eigenvalue weighted by Crippen LogP contribution is 2.43. The van der Waals surface area contributed by atoms with Crippen LogP contribution < -0.4 is 5.73 Å².